The third-order valence-corrected chi connectivity index (χ3v) is 4.35. The quantitative estimate of drug-likeness (QED) is 0.531. The highest BCUT2D eigenvalue weighted by atomic mass is 16.6. The van der Waals surface area contributed by atoms with Crippen molar-refractivity contribution in [2.45, 2.75) is 59.8 Å². The lowest BCUT2D eigenvalue weighted by Crippen LogP contribution is -2.47. The monoisotopic (exact) mass is 284 g/mol. The van der Waals surface area contributed by atoms with E-state index in [9.17, 15) is 9.59 Å². The van der Waals surface area contributed by atoms with E-state index in [4.69, 9.17) is 9.47 Å². The van der Waals surface area contributed by atoms with Crippen LogP contribution in [0, 0.1) is 17.3 Å². The van der Waals surface area contributed by atoms with E-state index in [0.29, 0.717) is 12.3 Å². The minimum Gasteiger partial charge on any atom is -0.465 e. The molecular formula is C16H28O4. The SMILES string of the molecule is CCOC(=O)C(CC1CCCC1)(C(=O)OCC)C(C)C. The fraction of sp³-hybridized carbons (Fsp3) is 0.875. The molecule has 1 fully saturated rings. The predicted octanol–water partition coefficient (Wildman–Crippen LogP) is 3.34. The van der Waals surface area contributed by atoms with Crippen LogP contribution in [0.4, 0.5) is 0 Å². The van der Waals surface area contributed by atoms with Gasteiger partial charge in [-0.3, -0.25) is 9.59 Å². The fourth-order valence-corrected chi connectivity index (χ4v) is 3.15. The van der Waals surface area contributed by atoms with E-state index in [1.54, 1.807) is 13.8 Å². The zero-order valence-corrected chi connectivity index (χ0v) is 13.2. The van der Waals surface area contributed by atoms with Gasteiger partial charge in [-0.25, -0.2) is 0 Å². The van der Waals surface area contributed by atoms with Gasteiger partial charge in [0, 0.05) is 0 Å². The zero-order valence-electron chi connectivity index (χ0n) is 13.2. The maximum Gasteiger partial charge on any atom is 0.323 e. The van der Waals surface area contributed by atoms with E-state index in [1.165, 1.54) is 12.8 Å². The fourth-order valence-electron chi connectivity index (χ4n) is 3.15. The van der Waals surface area contributed by atoms with E-state index < -0.39 is 17.4 Å². The third-order valence-electron chi connectivity index (χ3n) is 4.35. The summed E-state index contributed by atoms with van der Waals surface area (Å²) in [4.78, 5) is 25.0. The Bertz CT molecular complexity index is 311. The molecule has 20 heavy (non-hydrogen) atoms. The van der Waals surface area contributed by atoms with E-state index in [-0.39, 0.29) is 19.1 Å². The first kappa shape index (κ1) is 17.0. The van der Waals surface area contributed by atoms with Gasteiger partial charge in [0.25, 0.3) is 0 Å². The van der Waals surface area contributed by atoms with Gasteiger partial charge in [-0.1, -0.05) is 39.5 Å². The van der Waals surface area contributed by atoms with Crippen LogP contribution in [0.25, 0.3) is 0 Å². The maximum absolute atomic E-state index is 12.5. The first-order valence-corrected chi connectivity index (χ1v) is 7.83. The lowest BCUT2D eigenvalue weighted by molar-refractivity contribution is -0.177. The summed E-state index contributed by atoms with van der Waals surface area (Å²) >= 11 is 0. The summed E-state index contributed by atoms with van der Waals surface area (Å²) in [6.07, 6.45) is 5.11. The van der Waals surface area contributed by atoms with Crippen molar-refractivity contribution in [3.8, 4) is 0 Å². The molecule has 0 aromatic rings. The van der Waals surface area contributed by atoms with Gasteiger partial charge in [-0.05, 0) is 32.1 Å². The average Bonchev–Trinajstić information content (AvgIpc) is 2.88. The summed E-state index contributed by atoms with van der Waals surface area (Å²) in [6, 6.07) is 0. The molecule has 0 amide bonds. The second kappa shape index (κ2) is 7.65. The van der Waals surface area contributed by atoms with Crippen molar-refractivity contribution in [1.29, 1.82) is 0 Å². The Kier molecular flexibility index (Phi) is 6.50. The van der Waals surface area contributed by atoms with Gasteiger partial charge in [-0.15, -0.1) is 0 Å². The van der Waals surface area contributed by atoms with Gasteiger partial charge in [0.2, 0.25) is 0 Å². The number of hydrogen-bond donors (Lipinski definition) is 0. The number of rotatable bonds is 7. The molecule has 0 unspecified atom stereocenters. The Labute approximate surface area is 122 Å². The van der Waals surface area contributed by atoms with Gasteiger partial charge < -0.3 is 9.47 Å². The second-order valence-electron chi connectivity index (χ2n) is 5.92. The van der Waals surface area contributed by atoms with Crippen molar-refractivity contribution in [1.82, 2.24) is 0 Å². The van der Waals surface area contributed by atoms with Gasteiger partial charge in [0.15, 0.2) is 5.41 Å². The topological polar surface area (TPSA) is 52.6 Å². The second-order valence-corrected chi connectivity index (χ2v) is 5.92. The summed E-state index contributed by atoms with van der Waals surface area (Å²) in [6.45, 7) is 7.92. The Balaban J connectivity index is 3.03. The predicted molar refractivity (Wildman–Crippen MR) is 77.1 cm³/mol. The molecule has 1 aliphatic carbocycles. The van der Waals surface area contributed by atoms with Gasteiger partial charge in [0.05, 0.1) is 13.2 Å². The molecule has 1 aliphatic rings. The zero-order chi connectivity index (χ0) is 15.2. The highest BCUT2D eigenvalue weighted by Crippen LogP contribution is 2.42. The maximum atomic E-state index is 12.5. The first-order valence-electron chi connectivity index (χ1n) is 7.83. The van der Waals surface area contributed by atoms with Gasteiger partial charge in [-0.2, -0.15) is 0 Å². The average molecular weight is 284 g/mol. The van der Waals surface area contributed by atoms with Crippen LogP contribution in [0.2, 0.25) is 0 Å². The molecule has 0 radical (unpaired) electrons. The molecule has 116 valence electrons. The van der Waals surface area contributed by atoms with Crippen molar-refractivity contribution >= 4 is 11.9 Å². The van der Waals surface area contributed by atoms with Gasteiger partial charge in [0.1, 0.15) is 0 Å². The van der Waals surface area contributed by atoms with Crippen molar-refractivity contribution in [2.75, 3.05) is 13.2 Å². The number of hydrogen-bond acceptors (Lipinski definition) is 4. The van der Waals surface area contributed by atoms with Crippen molar-refractivity contribution in [3.63, 3.8) is 0 Å². The van der Waals surface area contributed by atoms with E-state index in [2.05, 4.69) is 0 Å². The van der Waals surface area contributed by atoms with Gasteiger partial charge >= 0.3 is 11.9 Å². The van der Waals surface area contributed by atoms with E-state index >= 15 is 0 Å². The number of ether oxygens (including phenoxy) is 2. The summed E-state index contributed by atoms with van der Waals surface area (Å²) in [5.74, 6) is -0.534. The molecule has 0 aromatic heterocycles. The molecule has 0 saturated heterocycles. The Hall–Kier alpha value is -1.06. The van der Waals surface area contributed by atoms with Crippen LogP contribution >= 0.6 is 0 Å². The van der Waals surface area contributed by atoms with Crippen LogP contribution in [0.15, 0.2) is 0 Å². The molecule has 0 heterocycles. The number of carbonyl (C=O) groups is 2. The molecule has 1 saturated carbocycles. The lowest BCUT2D eigenvalue weighted by Gasteiger charge is -2.34. The third kappa shape index (κ3) is 3.53. The smallest absolute Gasteiger partial charge is 0.323 e. The number of esters is 2. The van der Waals surface area contributed by atoms with Crippen LogP contribution in [-0.4, -0.2) is 25.2 Å². The summed E-state index contributed by atoms with van der Waals surface area (Å²) in [5, 5.41) is 0. The molecule has 0 aliphatic heterocycles. The minimum absolute atomic E-state index is 0.124. The molecule has 0 spiro atoms. The summed E-state index contributed by atoms with van der Waals surface area (Å²) in [5.41, 5.74) is -1.14. The Morgan fingerprint density at radius 3 is 1.85 bits per heavy atom. The van der Waals surface area contributed by atoms with Crippen LogP contribution in [-0.2, 0) is 19.1 Å². The van der Waals surface area contributed by atoms with E-state index in [1.807, 2.05) is 13.8 Å². The van der Waals surface area contributed by atoms with Crippen LogP contribution < -0.4 is 0 Å². The minimum atomic E-state index is -1.14. The van der Waals surface area contributed by atoms with Crippen LogP contribution in [0.5, 0.6) is 0 Å². The molecule has 0 aromatic carbocycles. The molecule has 0 atom stereocenters. The summed E-state index contributed by atoms with van der Waals surface area (Å²) < 4.78 is 10.4. The first-order chi connectivity index (χ1) is 9.48. The highest BCUT2D eigenvalue weighted by molar-refractivity contribution is 6.00. The lowest BCUT2D eigenvalue weighted by atomic mass is 9.70. The Morgan fingerprint density at radius 1 is 1.05 bits per heavy atom. The standard InChI is InChI=1S/C16H28O4/c1-5-19-14(17)16(12(3)4,15(18)20-6-2)11-13-9-7-8-10-13/h12-13H,5-11H2,1-4H3. The highest BCUT2D eigenvalue weighted by Gasteiger charge is 2.52. The molecule has 4 nitrogen and oxygen atoms in total. The molecule has 0 N–H and O–H groups in total. The molecule has 4 heteroatoms. The molecular weight excluding hydrogens is 256 g/mol. The number of carbonyl (C=O) groups excluding carboxylic acids is 2. The largest absolute Gasteiger partial charge is 0.465 e. The van der Waals surface area contributed by atoms with Crippen LogP contribution in [0.1, 0.15) is 59.8 Å². The van der Waals surface area contributed by atoms with Crippen molar-refractivity contribution in [2.24, 2.45) is 17.3 Å². The molecule has 1 rings (SSSR count). The Morgan fingerprint density at radius 2 is 1.50 bits per heavy atom. The van der Waals surface area contributed by atoms with Crippen LogP contribution in [0.3, 0.4) is 0 Å². The van der Waals surface area contributed by atoms with E-state index in [0.717, 1.165) is 12.8 Å². The van der Waals surface area contributed by atoms with Crippen molar-refractivity contribution in [3.05, 3.63) is 0 Å². The van der Waals surface area contributed by atoms with Crippen molar-refractivity contribution < 1.29 is 19.1 Å². The normalized spacial score (nSPS) is 16.4. The summed E-state index contributed by atoms with van der Waals surface area (Å²) in [7, 11) is 0. The molecule has 0 bridgehead atoms.